The van der Waals surface area contributed by atoms with Gasteiger partial charge in [0.05, 0.1) is 17.9 Å². The Morgan fingerprint density at radius 3 is 2.66 bits per heavy atom. The molecule has 9 heteroatoms. The van der Waals surface area contributed by atoms with E-state index in [1.807, 2.05) is 22.8 Å². The van der Waals surface area contributed by atoms with Gasteiger partial charge < -0.3 is 10.0 Å². The number of benzene rings is 1. The van der Waals surface area contributed by atoms with E-state index in [1.165, 1.54) is 6.07 Å². The van der Waals surface area contributed by atoms with Gasteiger partial charge in [-0.2, -0.15) is 0 Å². The van der Waals surface area contributed by atoms with E-state index in [0.29, 0.717) is 23.1 Å². The molecule has 1 N–H and O–H groups in total. The summed E-state index contributed by atoms with van der Waals surface area (Å²) in [5.41, 5.74) is 2.32. The number of hydrogen-bond acceptors (Lipinski definition) is 5. The zero-order valence-electron chi connectivity index (χ0n) is 17.4. The molecule has 2 aliphatic rings. The minimum atomic E-state index is -0.564. The third-order valence-electron chi connectivity index (χ3n) is 6.48. The molecule has 0 bridgehead atoms. The standard InChI is InChI=1S/C23H23ClFN5O2/c24-17-7-8-19-16(10-17)11-29(21(32)13-31)12-20-27-28-23(30(19)20)15-5-3-14(4-6-15)22-18(25)2-1-9-26-22/h1-2,7-10,14-15,31H,3-6,11-13H2. The number of halogens is 2. The molecule has 0 unspecified atom stereocenters. The fourth-order valence-electron chi connectivity index (χ4n) is 4.89. The first-order valence-corrected chi connectivity index (χ1v) is 11.1. The van der Waals surface area contributed by atoms with Crippen molar-refractivity contribution in [1.82, 2.24) is 24.6 Å². The van der Waals surface area contributed by atoms with Gasteiger partial charge in [-0.1, -0.05) is 11.6 Å². The average molecular weight is 456 g/mol. The van der Waals surface area contributed by atoms with E-state index in [-0.39, 0.29) is 30.1 Å². The van der Waals surface area contributed by atoms with Gasteiger partial charge in [-0.3, -0.25) is 14.3 Å². The highest BCUT2D eigenvalue weighted by molar-refractivity contribution is 6.30. The van der Waals surface area contributed by atoms with Crippen LogP contribution in [-0.4, -0.2) is 42.3 Å². The van der Waals surface area contributed by atoms with Crippen LogP contribution in [0.5, 0.6) is 0 Å². The van der Waals surface area contributed by atoms with Gasteiger partial charge in [-0.15, -0.1) is 10.2 Å². The molecule has 7 nitrogen and oxygen atoms in total. The summed E-state index contributed by atoms with van der Waals surface area (Å²) < 4.78 is 16.2. The molecule has 1 aliphatic carbocycles. The molecule has 2 aromatic heterocycles. The summed E-state index contributed by atoms with van der Waals surface area (Å²) in [6, 6.07) is 8.67. The number of carbonyl (C=O) groups excluding carboxylic acids is 1. The van der Waals surface area contributed by atoms with E-state index in [0.717, 1.165) is 42.8 Å². The van der Waals surface area contributed by atoms with Crippen molar-refractivity contribution in [2.45, 2.75) is 50.6 Å². The van der Waals surface area contributed by atoms with E-state index < -0.39 is 6.61 Å². The summed E-state index contributed by atoms with van der Waals surface area (Å²) in [5, 5.41) is 18.9. The lowest BCUT2D eigenvalue weighted by atomic mass is 9.79. The molecule has 1 fully saturated rings. The molecule has 3 heterocycles. The summed E-state index contributed by atoms with van der Waals surface area (Å²) >= 11 is 6.24. The van der Waals surface area contributed by atoms with Crippen molar-refractivity contribution < 1.29 is 14.3 Å². The van der Waals surface area contributed by atoms with Crippen LogP contribution in [0.3, 0.4) is 0 Å². The van der Waals surface area contributed by atoms with Crippen LogP contribution >= 0.6 is 11.6 Å². The van der Waals surface area contributed by atoms with Gasteiger partial charge in [0, 0.05) is 29.6 Å². The van der Waals surface area contributed by atoms with E-state index in [9.17, 15) is 14.3 Å². The van der Waals surface area contributed by atoms with Gasteiger partial charge >= 0.3 is 0 Å². The van der Waals surface area contributed by atoms with Crippen LogP contribution in [0.1, 0.15) is 60.4 Å². The Labute approximate surface area is 189 Å². The Hall–Kier alpha value is -2.84. The Morgan fingerprint density at radius 1 is 1.12 bits per heavy atom. The number of aromatic nitrogens is 4. The van der Waals surface area contributed by atoms with Gasteiger partial charge in [0.2, 0.25) is 5.91 Å². The van der Waals surface area contributed by atoms with Crippen molar-refractivity contribution in [2.75, 3.05) is 6.61 Å². The summed E-state index contributed by atoms with van der Waals surface area (Å²) in [4.78, 5) is 18.1. The van der Waals surface area contributed by atoms with Crippen LogP contribution in [-0.2, 0) is 17.9 Å². The largest absolute Gasteiger partial charge is 0.387 e. The molecule has 5 rings (SSSR count). The second-order valence-corrected chi connectivity index (χ2v) is 8.85. The van der Waals surface area contributed by atoms with E-state index in [1.54, 1.807) is 17.2 Å². The van der Waals surface area contributed by atoms with Gasteiger partial charge in [0.1, 0.15) is 18.2 Å². The van der Waals surface area contributed by atoms with Crippen molar-refractivity contribution >= 4 is 17.5 Å². The van der Waals surface area contributed by atoms with Crippen LogP contribution in [0.2, 0.25) is 5.02 Å². The van der Waals surface area contributed by atoms with Crippen LogP contribution in [0.25, 0.3) is 5.69 Å². The van der Waals surface area contributed by atoms with Crippen LogP contribution in [0, 0.1) is 5.82 Å². The summed E-state index contributed by atoms with van der Waals surface area (Å²) in [5.74, 6) is 1.16. The summed E-state index contributed by atoms with van der Waals surface area (Å²) in [6.07, 6.45) is 4.99. The second kappa shape index (κ2) is 8.60. The van der Waals surface area contributed by atoms with Crippen LogP contribution in [0.15, 0.2) is 36.5 Å². The molecule has 1 aliphatic heterocycles. The lowest BCUT2D eigenvalue weighted by Crippen LogP contribution is -2.32. The molecule has 3 aromatic rings. The number of aliphatic hydroxyl groups is 1. The third kappa shape index (κ3) is 3.78. The summed E-state index contributed by atoms with van der Waals surface area (Å²) in [7, 11) is 0. The van der Waals surface area contributed by atoms with Crippen molar-refractivity contribution in [1.29, 1.82) is 0 Å². The average Bonchev–Trinajstić information content (AvgIpc) is 3.14. The summed E-state index contributed by atoms with van der Waals surface area (Å²) in [6.45, 7) is 0.0297. The molecule has 1 saturated carbocycles. The normalized spacial score (nSPS) is 20.4. The first-order valence-electron chi connectivity index (χ1n) is 10.8. The maximum Gasteiger partial charge on any atom is 0.248 e. The minimum Gasteiger partial charge on any atom is -0.387 e. The molecule has 1 amide bonds. The molecule has 1 aromatic carbocycles. The number of aliphatic hydroxyl groups excluding tert-OH is 1. The first-order chi connectivity index (χ1) is 15.5. The predicted molar refractivity (Wildman–Crippen MR) is 116 cm³/mol. The van der Waals surface area contributed by atoms with Gasteiger partial charge in [0.15, 0.2) is 5.82 Å². The zero-order chi connectivity index (χ0) is 22.2. The van der Waals surface area contributed by atoms with Gasteiger partial charge in [-0.05, 0) is 61.6 Å². The Morgan fingerprint density at radius 2 is 1.91 bits per heavy atom. The van der Waals surface area contributed by atoms with Crippen molar-refractivity contribution in [2.24, 2.45) is 0 Å². The first kappa shape index (κ1) is 21.0. The molecular formula is C23H23ClFN5O2. The zero-order valence-corrected chi connectivity index (χ0v) is 18.2. The van der Waals surface area contributed by atoms with Crippen LogP contribution in [0.4, 0.5) is 4.39 Å². The molecular weight excluding hydrogens is 433 g/mol. The molecule has 0 spiro atoms. The lowest BCUT2D eigenvalue weighted by molar-refractivity contribution is -0.135. The molecule has 0 radical (unpaired) electrons. The number of hydrogen-bond donors (Lipinski definition) is 1. The number of fused-ring (bicyclic) bond motifs is 3. The predicted octanol–water partition coefficient (Wildman–Crippen LogP) is 3.73. The fourth-order valence-corrected chi connectivity index (χ4v) is 5.09. The SMILES string of the molecule is O=C(CO)N1Cc2cc(Cl)ccc2-n2c(nnc2C2CCC(c3ncccc3F)CC2)C1. The highest BCUT2D eigenvalue weighted by Crippen LogP contribution is 2.41. The molecule has 0 atom stereocenters. The monoisotopic (exact) mass is 455 g/mol. The number of rotatable bonds is 3. The van der Waals surface area contributed by atoms with Gasteiger partial charge in [-0.25, -0.2) is 4.39 Å². The topological polar surface area (TPSA) is 84.1 Å². The number of carbonyl (C=O) groups is 1. The van der Waals surface area contributed by atoms with E-state index in [4.69, 9.17) is 11.6 Å². The Bertz CT molecular complexity index is 1160. The van der Waals surface area contributed by atoms with Crippen LogP contribution < -0.4 is 0 Å². The molecule has 0 saturated heterocycles. The second-order valence-electron chi connectivity index (χ2n) is 8.41. The minimum absolute atomic E-state index is 0.0998. The lowest BCUT2D eigenvalue weighted by Gasteiger charge is -2.28. The smallest absolute Gasteiger partial charge is 0.248 e. The van der Waals surface area contributed by atoms with Crippen molar-refractivity contribution in [3.05, 3.63) is 70.3 Å². The number of nitrogens with zero attached hydrogens (tertiary/aromatic N) is 5. The van der Waals surface area contributed by atoms with Crippen molar-refractivity contribution in [3.63, 3.8) is 0 Å². The number of pyridine rings is 1. The highest BCUT2D eigenvalue weighted by atomic mass is 35.5. The van der Waals surface area contributed by atoms with Crippen molar-refractivity contribution in [3.8, 4) is 5.69 Å². The highest BCUT2D eigenvalue weighted by Gasteiger charge is 2.32. The molecule has 32 heavy (non-hydrogen) atoms. The van der Waals surface area contributed by atoms with Gasteiger partial charge in [0.25, 0.3) is 0 Å². The van der Waals surface area contributed by atoms with E-state index in [2.05, 4.69) is 15.2 Å². The number of amides is 1. The maximum atomic E-state index is 14.2. The maximum absolute atomic E-state index is 14.2. The Balaban J connectivity index is 1.46. The molecule has 166 valence electrons. The third-order valence-corrected chi connectivity index (χ3v) is 6.72. The fraction of sp³-hybridized carbons (Fsp3) is 0.391. The quantitative estimate of drug-likeness (QED) is 0.650. The Kier molecular flexibility index (Phi) is 5.65. The van der Waals surface area contributed by atoms with E-state index >= 15 is 0 Å².